The van der Waals surface area contributed by atoms with Crippen molar-refractivity contribution in [1.29, 1.82) is 5.41 Å². The highest BCUT2D eigenvalue weighted by atomic mass is 15.3. The Morgan fingerprint density at radius 3 is 3.18 bits per heavy atom. The molecule has 0 amide bonds. The van der Waals surface area contributed by atoms with Crippen molar-refractivity contribution < 1.29 is 0 Å². The highest BCUT2D eigenvalue weighted by Crippen LogP contribution is 2.18. The summed E-state index contributed by atoms with van der Waals surface area (Å²) in [7, 11) is 0. The summed E-state index contributed by atoms with van der Waals surface area (Å²) in [5.74, 6) is 0.318. The summed E-state index contributed by atoms with van der Waals surface area (Å²) in [4.78, 5) is 7.95. The van der Waals surface area contributed by atoms with E-state index in [0.29, 0.717) is 5.84 Å². The van der Waals surface area contributed by atoms with Crippen LogP contribution in [0.25, 0.3) is 0 Å². The summed E-state index contributed by atoms with van der Waals surface area (Å²) in [6.07, 6.45) is 3.05. The van der Waals surface area contributed by atoms with Crippen molar-refractivity contribution in [1.82, 2.24) is 10.6 Å². The number of amidine groups is 1. The van der Waals surface area contributed by atoms with E-state index in [-0.39, 0.29) is 6.17 Å². The van der Waals surface area contributed by atoms with Crippen LogP contribution in [0.5, 0.6) is 0 Å². The van der Waals surface area contributed by atoms with Crippen molar-refractivity contribution in [2.24, 2.45) is 9.98 Å². The van der Waals surface area contributed by atoms with Gasteiger partial charge in [0.15, 0.2) is 12.0 Å². The molecule has 5 nitrogen and oxygen atoms in total. The van der Waals surface area contributed by atoms with Crippen LogP contribution in [-0.4, -0.2) is 30.2 Å². The Kier molecular flexibility index (Phi) is 1.04. The molecule has 2 aliphatic rings. The Hall–Kier alpha value is -1.39. The summed E-state index contributed by atoms with van der Waals surface area (Å²) in [6.45, 7) is 1.90. The molecule has 0 spiro atoms. The third kappa shape index (κ3) is 0.675. The molecular weight excluding hydrogens is 142 g/mol. The highest BCUT2D eigenvalue weighted by Gasteiger charge is 2.42. The van der Waals surface area contributed by atoms with Crippen LogP contribution in [0.3, 0.4) is 0 Å². The Morgan fingerprint density at radius 2 is 2.45 bits per heavy atom. The van der Waals surface area contributed by atoms with Gasteiger partial charge in [-0.3, -0.25) is 5.41 Å². The number of hydrogen-bond donors (Lipinski definition) is 3. The number of hydrogen-bond acceptors (Lipinski definition) is 4. The largest absolute Gasteiger partial charge is 0.361 e. The second-order valence-electron chi connectivity index (χ2n) is 2.80. The Balaban J connectivity index is 2.38. The molecule has 0 aromatic carbocycles. The molecule has 0 saturated heterocycles. The minimum absolute atomic E-state index is 0.0764. The summed E-state index contributed by atoms with van der Waals surface area (Å²) in [5.41, 5.74) is -0.450. The van der Waals surface area contributed by atoms with E-state index < -0.39 is 5.54 Å². The molecule has 2 atom stereocenters. The molecule has 2 heterocycles. The topological polar surface area (TPSA) is 72.6 Å². The molecule has 3 N–H and O–H groups in total. The van der Waals surface area contributed by atoms with E-state index >= 15 is 0 Å². The fourth-order valence-electron chi connectivity index (χ4n) is 1.19. The first-order valence-corrected chi connectivity index (χ1v) is 3.40. The van der Waals surface area contributed by atoms with E-state index in [1.54, 1.807) is 6.34 Å². The van der Waals surface area contributed by atoms with Gasteiger partial charge in [0.25, 0.3) is 0 Å². The van der Waals surface area contributed by atoms with Crippen molar-refractivity contribution in [3.8, 4) is 0 Å². The lowest BCUT2D eigenvalue weighted by Crippen LogP contribution is -2.59. The lowest BCUT2D eigenvalue weighted by molar-refractivity contribution is 0.447. The van der Waals surface area contributed by atoms with Crippen molar-refractivity contribution in [3.05, 3.63) is 0 Å². The van der Waals surface area contributed by atoms with E-state index in [2.05, 4.69) is 20.6 Å². The molecule has 0 bridgehead atoms. The third-order valence-corrected chi connectivity index (χ3v) is 2.05. The van der Waals surface area contributed by atoms with E-state index in [1.807, 2.05) is 6.92 Å². The van der Waals surface area contributed by atoms with Gasteiger partial charge in [-0.2, -0.15) is 0 Å². The standard InChI is InChI=1S/C6H9N5/c1-6-4(7)8-2-9-5(6)10-3-11-6/h2-3,5H,1H3,(H,10,11)(H2,7,8,9). The van der Waals surface area contributed by atoms with Crippen LogP contribution in [0.4, 0.5) is 0 Å². The molecule has 58 valence electrons. The van der Waals surface area contributed by atoms with Crippen molar-refractivity contribution in [2.75, 3.05) is 0 Å². The maximum atomic E-state index is 7.53. The Labute approximate surface area is 64.1 Å². The van der Waals surface area contributed by atoms with Gasteiger partial charge in [-0.1, -0.05) is 0 Å². The summed E-state index contributed by atoms with van der Waals surface area (Å²) in [5, 5.41) is 13.5. The fourth-order valence-corrected chi connectivity index (χ4v) is 1.19. The molecular formula is C6H9N5. The van der Waals surface area contributed by atoms with E-state index in [0.717, 1.165) is 0 Å². The first-order valence-electron chi connectivity index (χ1n) is 3.40. The van der Waals surface area contributed by atoms with E-state index in [4.69, 9.17) is 5.41 Å². The molecule has 0 aromatic heterocycles. The SMILES string of the molecule is CC12NC=NC1NC=NC2=N. The molecule has 0 aliphatic carbocycles. The average molecular weight is 151 g/mol. The van der Waals surface area contributed by atoms with Crippen LogP contribution in [0.2, 0.25) is 0 Å². The monoisotopic (exact) mass is 151 g/mol. The summed E-state index contributed by atoms with van der Waals surface area (Å²) >= 11 is 0. The Bertz CT molecular complexity index is 256. The maximum Gasteiger partial charge on any atom is 0.151 e. The normalized spacial score (nSPS) is 39.7. The second kappa shape index (κ2) is 1.81. The third-order valence-electron chi connectivity index (χ3n) is 2.05. The molecule has 0 fully saturated rings. The van der Waals surface area contributed by atoms with Crippen LogP contribution in [0.1, 0.15) is 6.92 Å². The lowest BCUT2D eigenvalue weighted by atomic mass is 9.97. The van der Waals surface area contributed by atoms with Crippen LogP contribution in [-0.2, 0) is 0 Å². The summed E-state index contributed by atoms with van der Waals surface area (Å²) < 4.78 is 0. The zero-order chi connectivity index (χ0) is 7.90. The quantitative estimate of drug-likeness (QED) is 0.429. The molecule has 2 unspecified atom stereocenters. The molecule has 2 aliphatic heterocycles. The van der Waals surface area contributed by atoms with E-state index in [9.17, 15) is 0 Å². The van der Waals surface area contributed by atoms with Gasteiger partial charge in [0.2, 0.25) is 0 Å². The average Bonchev–Trinajstić information content (AvgIpc) is 2.34. The molecule has 2 rings (SSSR count). The van der Waals surface area contributed by atoms with Gasteiger partial charge in [-0.15, -0.1) is 0 Å². The minimum Gasteiger partial charge on any atom is -0.361 e. The second-order valence-corrected chi connectivity index (χ2v) is 2.80. The molecule has 0 radical (unpaired) electrons. The first kappa shape index (κ1) is 6.33. The zero-order valence-electron chi connectivity index (χ0n) is 6.13. The number of fused-ring (bicyclic) bond motifs is 1. The van der Waals surface area contributed by atoms with Gasteiger partial charge in [-0.25, -0.2) is 9.98 Å². The van der Waals surface area contributed by atoms with Crippen LogP contribution >= 0.6 is 0 Å². The Morgan fingerprint density at radius 1 is 1.64 bits per heavy atom. The maximum absolute atomic E-state index is 7.53. The predicted octanol–water partition coefficient (Wildman–Crippen LogP) is -0.689. The molecule has 0 aromatic rings. The van der Waals surface area contributed by atoms with Gasteiger partial charge in [0.05, 0.1) is 12.7 Å². The first-order chi connectivity index (χ1) is 5.23. The molecule has 5 heteroatoms. The van der Waals surface area contributed by atoms with Gasteiger partial charge in [0, 0.05) is 0 Å². The van der Waals surface area contributed by atoms with Gasteiger partial charge >= 0.3 is 0 Å². The van der Waals surface area contributed by atoms with Gasteiger partial charge < -0.3 is 10.6 Å². The van der Waals surface area contributed by atoms with Gasteiger partial charge in [-0.05, 0) is 6.92 Å². The smallest absolute Gasteiger partial charge is 0.151 e. The minimum atomic E-state index is -0.450. The van der Waals surface area contributed by atoms with Crippen molar-refractivity contribution >= 4 is 18.5 Å². The molecule has 0 saturated carbocycles. The van der Waals surface area contributed by atoms with E-state index in [1.165, 1.54) is 6.34 Å². The zero-order valence-corrected chi connectivity index (χ0v) is 6.13. The number of rotatable bonds is 0. The van der Waals surface area contributed by atoms with Crippen LogP contribution in [0, 0.1) is 5.41 Å². The lowest BCUT2D eigenvalue weighted by Gasteiger charge is -2.31. The van der Waals surface area contributed by atoms with Crippen LogP contribution in [0.15, 0.2) is 9.98 Å². The number of nitrogens with one attached hydrogen (secondary N) is 3. The van der Waals surface area contributed by atoms with Crippen LogP contribution < -0.4 is 10.6 Å². The summed E-state index contributed by atoms with van der Waals surface area (Å²) in [6, 6.07) is 0. The number of aliphatic imine (C=N–C) groups is 2. The highest BCUT2D eigenvalue weighted by molar-refractivity contribution is 5.99. The fraction of sp³-hybridized carbons (Fsp3) is 0.500. The number of nitrogens with zero attached hydrogens (tertiary/aromatic N) is 2. The van der Waals surface area contributed by atoms with Crippen molar-refractivity contribution in [3.63, 3.8) is 0 Å². The van der Waals surface area contributed by atoms with Crippen molar-refractivity contribution in [2.45, 2.75) is 18.6 Å². The molecule has 11 heavy (non-hydrogen) atoms. The van der Waals surface area contributed by atoms with Gasteiger partial charge in [0.1, 0.15) is 5.54 Å². The predicted molar refractivity (Wildman–Crippen MR) is 43.2 cm³/mol.